The molecule has 0 heterocycles. The molecule has 0 spiro atoms. The standard InChI is InChI=1S/C18H30N2/c1-4-19-18(16-10-6-5-7-11-16)15(2)14-20(3)17-12-8-9-13-17/h5-7,10-11,15,17-19H,4,8-9,12-14H2,1-3H3. The summed E-state index contributed by atoms with van der Waals surface area (Å²) in [5.41, 5.74) is 1.42. The van der Waals surface area contributed by atoms with Gasteiger partial charge >= 0.3 is 0 Å². The highest BCUT2D eigenvalue weighted by atomic mass is 15.1. The fourth-order valence-corrected chi connectivity index (χ4v) is 3.58. The Hall–Kier alpha value is -0.860. The smallest absolute Gasteiger partial charge is 0.0358 e. The van der Waals surface area contributed by atoms with Gasteiger partial charge in [-0.15, -0.1) is 0 Å². The minimum Gasteiger partial charge on any atom is -0.310 e. The molecule has 0 saturated heterocycles. The van der Waals surface area contributed by atoms with Crippen LogP contribution in [0, 0.1) is 5.92 Å². The molecule has 112 valence electrons. The molecule has 1 aromatic rings. The lowest BCUT2D eigenvalue weighted by atomic mass is 9.93. The minimum absolute atomic E-state index is 0.463. The molecule has 20 heavy (non-hydrogen) atoms. The van der Waals surface area contributed by atoms with Gasteiger partial charge in [-0.3, -0.25) is 0 Å². The van der Waals surface area contributed by atoms with E-state index in [9.17, 15) is 0 Å². The van der Waals surface area contributed by atoms with Crippen LogP contribution in [0.15, 0.2) is 30.3 Å². The number of nitrogens with one attached hydrogen (secondary N) is 1. The third kappa shape index (κ3) is 4.07. The van der Waals surface area contributed by atoms with Gasteiger partial charge in [0.15, 0.2) is 0 Å². The molecule has 2 atom stereocenters. The van der Waals surface area contributed by atoms with Crippen molar-refractivity contribution in [1.29, 1.82) is 0 Å². The molecule has 2 rings (SSSR count). The summed E-state index contributed by atoms with van der Waals surface area (Å²) in [5.74, 6) is 0.628. The SMILES string of the molecule is CCNC(c1ccccc1)C(C)CN(C)C1CCCC1. The van der Waals surface area contributed by atoms with Crippen molar-refractivity contribution < 1.29 is 0 Å². The second-order valence-corrected chi connectivity index (χ2v) is 6.30. The molecule has 0 bridgehead atoms. The Balaban J connectivity index is 1.97. The molecule has 1 aromatic carbocycles. The first kappa shape index (κ1) is 15.5. The maximum absolute atomic E-state index is 3.67. The summed E-state index contributed by atoms with van der Waals surface area (Å²) < 4.78 is 0. The monoisotopic (exact) mass is 274 g/mol. The first-order valence-electron chi connectivity index (χ1n) is 8.21. The predicted octanol–water partition coefficient (Wildman–Crippen LogP) is 3.85. The Morgan fingerprint density at radius 1 is 1.20 bits per heavy atom. The van der Waals surface area contributed by atoms with Crippen LogP contribution in [-0.4, -0.2) is 31.1 Å². The molecule has 0 radical (unpaired) electrons. The molecule has 1 N–H and O–H groups in total. The second kappa shape index (κ2) is 7.80. The predicted molar refractivity (Wildman–Crippen MR) is 86.9 cm³/mol. The fourth-order valence-electron chi connectivity index (χ4n) is 3.58. The van der Waals surface area contributed by atoms with Crippen molar-refractivity contribution in [2.75, 3.05) is 20.1 Å². The second-order valence-electron chi connectivity index (χ2n) is 6.30. The van der Waals surface area contributed by atoms with Crippen LogP contribution in [-0.2, 0) is 0 Å². The molecule has 2 nitrogen and oxygen atoms in total. The van der Waals surface area contributed by atoms with Crippen molar-refractivity contribution in [3.8, 4) is 0 Å². The molecule has 0 aliphatic heterocycles. The summed E-state index contributed by atoms with van der Waals surface area (Å²) in [6, 6.07) is 12.2. The van der Waals surface area contributed by atoms with E-state index in [4.69, 9.17) is 0 Å². The number of hydrogen-bond acceptors (Lipinski definition) is 2. The van der Waals surface area contributed by atoms with E-state index in [0.717, 1.165) is 12.6 Å². The normalized spacial score (nSPS) is 19.4. The van der Waals surface area contributed by atoms with Crippen molar-refractivity contribution >= 4 is 0 Å². The van der Waals surface area contributed by atoms with E-state index in [-0.39, 0.29) is 0 Å². The van der Waals surface area contributed by atoms with E-state index >= 15 is 0 Å². The maximum Gasteiger partial charge on any atom is 0.0358 e. The zero-order chi connectivity index (χ0) is 14.4. The highest BCUT2D eigenvalue weighted by Gasteiger charge is 2.24. The number of nitrogens with zero attached hydrogens (tertiary/aromatic N) is 1. The molecule has 2 heteroatoms. The molecule has 0 aromatic heterocycles. The largest absolute Gasteiger partial charge is 0.310 e. The lowest BCUT2D eigenvalue weighted by Gasteiger charge is -2.32. The molecule has 1 fully saturated rings. The van der Waals surface area contributed by atoms with Gasteiger partial charge in [0.2, 0.25) is 0 Å². The van der Waals surface area contributed by atoms with E-state index < -0.39 is 0 Å². The van der Waals surface area contributed by atoms with Crippen molar-refractivity contribution in [2.24, 2.45) is 5.92 Å². The van der Waals surface area contributed by atoms with Gasteiger partial charge in [-0.1, -0.05) is 57.0 Å². The Labute approximate surface area is 124 Å². The molecular weight excluding hydrogens is 244 g/mol. The maximum atomic E-state index is 3.67. The summed E-state index contributed by atoms with van der Waals surface area (Å²) in [5, 5.41) is 3.67. The van der Waals surface area contributed by atoms with Gasteiger partial charge in [-0.2, -0.15) is 0 Å². The zero-order valence-electron chi connectivity index (χ0n) is 13.3. The summed E-state index contributed by atoms with van der Waals surface area (Å²) in [6.45, 7) is 6.78. The van der Waals surface area contributed by atoms with Gasteiger partial charge in [0.25, 0.3) is 0 Å². The van der Waals surface area contributed by atoms with Crippen LogP contribution in [0.4, 0.5) is 0 Å². The van der Waals surface area contributed by atoms with Crippen molar-refractivity contribution in [3.63, 3.8) is 0 Å². The third-order valence-electron chi connectivity index (χ3n) is 4.68. The van der Waals surface area contributed by atoms with Gasteiger partial charge in [0.1, 0.15) is 0 Å². The lowest BCUT2D eigenvalue weighted by molar-refractivity contribution is 0.192. The molecule has 1 saturated carbocycles. The topological polar surface area (TPSA) is 15.3 Å². The number of rotatable bonds is 7. The fraction of sp³-hybridized carbons (Fsp3) is 0.667. The molecule has 1 aliphatic rings. The molecular formula is C18H30N2. The van der Waals surface area contributed by atoms with Crippen LogP contribution < -0.4 is 5.32 Å². The molecule has 1 aliphatic carbocycles. The number of hydrogen-bond donors (Lipinski definition) is 1. The van der Waals surface area contributed by atoms with Gasteiger partial charge in [0, 0.05) is 18.6 Å². The Morgan fingerprint density at radius 2 is 1.85 bits per heavy atom. The van der Waals surface area contributed by atoms with E-state index in [0.29, 0.717) is 12.0 Å². The quantitative estimate of drug-likeness (QED) is 0.812. The lowest BCUT2D eigenvalue weighted by Crippen LogP contribution is -2.38. The minimum atomic E-state index is 0.463. The highest BCUT2D eigenvalue weighted by molar-refractivity contribution is 5.19. The average Bonchev–Trinajstić information content (AvgIpc) is 2.99. The Morgan fingerprint density at radius 3 is 2.45 bits per heavy atom. The molecule has 2 unspecified atom stereocenters. The van der Waals surface area contributed by atoms with Crippen LogP contribution in [0.1, 0.15) is 51.1 Å². The highest BCUT2D eigenvalue weighted by Crippen LogP contribution is 2.27. The van der Waals surface area contributed by atoms with Crippen LogP contribution in [0.25, 0.3) is 0 Å². The van der Waals surface area contributed by atoms with Crippen LogP contribution in [0.5, 0.6) is 0 Å². The third-order valence-corrected chi connectivity index (χ3v) is 4.68. The van der Waals surface area contributed by atoms with Crippen molar-refractivity contribution in [1.82, 2.24) is 10.2 Å². The van der Waals surface area contributed by atoms with Crippen LogP contribution in [0.2, 0.25) is 0 Å². The van der Waals surface area contributed by atoms with Crippen molar-refractivity contribution in [2.45, 2.75) is 51.6 Å². The summed E-state index contributed by atoms with van der Waals surface area (Å²) >= 11 is 0. The zero-order valence-corrected chi connectivity index (χ0v) is 13.3. The average molecular weight is 274 g/mol. The summed E-state index contributed by atoms with van der Waals surface area (Å²) in [4.78, 5) is 2.59. The van der Waals surface area contributed by atoms with E-state index in [2.05, 4.69) is 61.4 Å². The van der Waals surface area contributed by atoms with Crippen LogP contribution >= 0.6 is 0 Å². The number of benzene rings is 1. The van der Waals surface area contributed by atoms with Gasteiger partial charge < -0.3 is 10.2 Å². The van der Waals surface area contributed by atoms with E-state index in [1.165, 1.54) is 37.8 Å². The Bertz CT molecular complexity index is 370. The summed E-state index contributed by atoms with van der Waals surface area (Å²) in [6.07, 6.45) is 5.61. The van der Waals surface area contributed by atoms with E-state index in [1.54, 1.807) is 0 Å². The van der Waals surface area contributed by atoms with E-state index in [1.807, 2.05) is 0 Å². The first-order valence-corrected chi connectivity index (χ1v) is 8.21. The van der Waals surface area contributed by atoms with Gasteiger partial charge in [-0.25, -0.2) is 0 Å². The van der Waals surface area contributed by atoms with Gasteiger partial charge in [-0.05, 0) is 37.9 Å². The summed E-state index contributed by atoms with van der Waals surface area (Å²) in [7, 11) is 2.31. The van der Waals surface area contributed by atoms with Gasteiger partial charge in [0.05, 0.1) is 0 Å². The van der Waals surface area contributed by atoms with Crippen molar-refractivity contribution in [3.05, 3.63) is 35.9 Å². The van der Waals surface area contributed by atoms with Crippen LogP contribution in [0.3, 0.4) is 0 Å². The first-order chi connectivity index (χ1) is 9.72. The molecule has 0 amide bonds. The Kier molecular flexibility index (Phi) is 6.06.